The van der Waals surface area contributed by atoms with Gasteiger partial charge in [-0.3, -0.25) is 4.79 Å². The number of urea groups is 1. The SMILES string of the molecule is COc1ccc(NC(=O)N2CCCN(C(C)=O)CC2)c(C)c1. The molecule has 0 atom stereocenters. The van der Waals surface area contributed by atoms with Gasteiger partial charge in [-0.15, -0.1) is 0 Å². The average molecular weight is 305 g/mol. The van der Waals surface area contributed by atoms with E-state index < -0.39 is 0 Å². The first-order chi connectivity index (χ1) is 10.5. The second-order valence-electron chi connectivity index (χ2n) is 5.46. The lowest BCUT2D eigenvalue weighted by Gasteiger charge is -2.22. The van der Waals surface area contributed by atoms with Gasteiger partial charge in [-0.25, -0.2) is 4.79 Å². The number of amides is 3. The Labute approximate surface area is 131 Å². The number of nitrogens with zero attached hydrogens (tertiary/aromatic N) is 2. The van der Waals surface area contributed by atoms with Gasteiger partial charge in [0.1, 0.15) is 5.75 Å². The van der Waals surface area contributed by atoms with Crippen molar-refractivity contribution in [2.24, 2.45) is 0 Å². The van der Waals surface area contributed by atoms with E-state index in [1.165, 1.54) is 0 Å². The predicted molar refractivity (Wildman–Crippen MR) is 85.2 cm³/mol. The summed E-state index contributed by atoms with van der Waals surface area (Å²) in [6.45, 7) is 6.00. The highest BCUT2D eigenvalue weighted by molar-refractivity contribution is 5.90. The Balaban J connectivity index is 1.98. The summed E-state index contributed by atoms with van der Waals surface area (Å²) in [6.07, 6.45) is 0.800. The molecule has 0 saturated carbocycles. The highest BCUT2D eigenvalue weighted by Gasteiger charge is 2.20. The highest BCUT2D eigenvalue weighted by atomic mass is 16.5. The van der Waals surface area contributed by atoms with Gasteiger partial charge >= 0.3 is 6.03 Å². The summed E-state index contributed by atoms with van der Waals surface area (Å²) in [6, 6.07) is 5.42. The second kappa shape index (κ2) is 7.15. The van der Waals surface area contributed by atoms with E-state index in [4.69, 9.17) is 4.74 Å². The third-order valence-corrected chi connectivity index (χ3v) is 3.90. The third kappa shape index (κ3) is 3.90. The number of ether oxygens (including phenoxy) is 1. The number of methoxy groups -OCH3 is 1. The summed E-state index contributed by atoms with van der Waals surface area (Å²) in [7, 11) is 1.62. The molecule has 120 valence electrons. The Kier molecular flexibility index (Phi) is 5.25. The summed E-state index contributed by atoms with van der Waals surface area (Å²) in [5.74, 6) is 0.829. The van der Waals surface area contributed by atoms with Crippen LogP contribution < -0.4 is 10.1 Å². The quantitative estimate of drug-likeness (QED) is 0.910. The monoisotopic (exact) mass is 305 g/mol. The molecular formula is C16H23N3O3. The Morgan fingerprint density at radius 2 is 1.82 bits per heavy atom. The van der Waals surface area contributed by atoms with Crippen molar-refractivity contribution in [3.63, 3.8) is 0 Å². The molecule has 0 bridgehead atoms. The van der Waals surface area contributed by atoms with Gasteiger partial charge in [0.05, 0.1) is 7.11 Å². The van der Waals surface area contributed by atoms with Crippen LogP contribution in [0.5, 0.6) is 5.75 Å². The van der Waals surface area contributed by atoms with E-state index in [1.54, 1.807) is 23.8 Å². The van der Waals surface area contributed by atoms with E-state index in [9.17, 15) is 9.59 Å². The molecule has 22 heavy (non-hydrogen) atoms. The molecule has 0 radical (unpaired) electrons. The molecule has 0 unspecified atom stereocenters. The van der Waals surface area contributed by atoms with Gasteiger partial charge in [-0.1, -0.05) is 0 Å². The van der Waals surface area contributed by atoms with Gasteiger partial charge < -0.3 is 19.9 Å². The van der Waals surface area contributed by atoms with Crippen LogP contribution in [-0.4, -0.2) is 55.0 Å². The molecule has 2 rings (SSSR count). The number of hydrogen-bond acceptors (Lipinski definition) is 3. The number of aryl methyl sites for hydroxylation is 1. The number of hydrogen-bond donors (Lipinski definition) is 1. The minimum absolute atomic E-state index is 0.0632. The largest absolute Gasteiger partial charge is 0.497 e. The average Bonchev–Trinajstić information content (AvgIpc) is 2.75. The minimum Gasteiger partial charge on any atom is -0.497 e. The summed E-state index contributed by atoms with van der Waals surface area (Å²) >= 11 is 0. The molecule has 0 aromatic heterocycles. The van der Waals surface area contributed by atoms with Crippen molar-refractivity contribution in [2.75, 3.05) is 38.6 Å². The number of carbonyl (C=O) groups is 2. The molecule has 0 aliphatic carbocycles. The van der Waals surface area contributed by atoms with Crippen LogP contribution in [0.15, 0.2) is 18.2 Å². The molecular weight excluding hydrogens is 282 g/mol. The van der Waals surface area contributed by atoms with E-state index in [0.29, 0.717) is 26.2 Å². The molecule has 1 saturated heterocycles. The standard InChI is InChI=1S/C16H23N3O3/c1-12-11-14(22-3)5-6-15(12)17-16(21)19-8-4-7-18(9-10-19)13(2)20/h5-6,11H,4,7-10H2,1-3H3,(H,17,21). The van der Waals surface area contributed by atoms with Gasteiger partial charge in [0.2, 0.25) is 5.91 Å². The number of anilines is 1. The molecule has 0 spiro atoms. The number of rotatable bonds is 2. The van der Waals surface area contributed by atoms with Crippen LogP contribution >= 0.6 is 0 Å². The van der Waals surface area contributed by atoms with Crippen LogP contribution in [0.2, 0.25) is 0 Å². The predicted octanol–water partition coefficient (Wildman–Crippen LogP) is 2.09. The third-order valence-electron chi connectivity index (χ3n) is 3.90. The Hall–Kier alpha value is -2.24. The Morgan fingerprint density at radius 3 is 2.45 bits per heavy atom. The van der Waals surface area contributed by atoms with E-state index in [0.717, 1.165) is 23.4 Å². The fourth-order valence-electron chi connectivity index (χ4n) is 2.53. The zero-order valence-corrected chi connectivity index (χ0v) is 13.4. The fraction of sp³-hybridized carbons (Fsp3) is 0.500. The van der Waals surface area contributed by atoms with Gasteiger partial charge in [-0.2, -0.15) is 0 Å². The maximum absolute atomic E-state index is 12.4. The van der Waals surface area contributed by atoms with Crippen molar-refractivity contribution in [1.29, 1.82) is 0 Å². The van der Waals surface area contributed by atoms with Gasteiger partial charge in [0.25, 0.3) is 0 Å². The lowest BCUT2D eigenvalue weighted by Crippen LogP contribution is -2.38. The van der Waals surface area contributed by atoms with Crippen LogP contribution in [0.1, 0.15) is 18.9 Å². The highest BCUT2D eigenvalue weighted by Crippen LogP contribution is 2.21. The van der Waals surface area contributed by atoms with E-state index in [2.05, 4.69) is 5.32 Å². The maximum atomic E-state index is 12.4. The molecule has 3 amide bonds. The van der Waals surface area contributed by atoms with Crippen molar-refractivity contribution in [2.45, 2.75) is 20.3 Å². The normalized spacial score (nSPS) is 15.2. The first-order valence-electron chi connectivity index (χ1n) is 7.47. The summed E-state index contributed by atoms with van der Waals surface area (Å²) in [5, 5.41) is 2.93. The van der Waals surface area contributed by atoms with Gasteiger partial charge in [-0.05, 0) is 37.1 Å². The summed E-state index contributed by atoms with van der Waals surface area (Å²) in [4.78, 5) is 27.3. The minimum atomic E-state index is -0.126. The lowest BCUT2D eigenvalue weighted by atomic mass is 10.2. The lowest BCUT2D eigenvalue weighted by molar-refractivity contribution is -0.128. The van der Waals surface area contributed by atoms with E-state index in [-0.39, 0.29) is 11.9 Å². The molecule has 1 N–H and O–H groups in total. The summed E-state index contributed by atoms with van der Waals surface area (Å²) < 4.78 is 5.16. The Bertz CT molecular complexity index is 560. The number of carbonyl (C=O) groups excluding carboxylic acids is 2. The zero-order valence-electron chi connectivity index (χ0n) is 13.4. The smallest absolute Gasteiger partial charge is 0.321 e. The maximum Gasteiger partial charge on any atom is 0.321 e. The first-order valence-corrected chi connectivity index (χ1v) is 7.47. The molecule has 6 heteroatoms. The number of nitrogens with one attached hydrogen (secondary N) is 1. The molecule has 1 aliphatic rings. The Morgan fingerprint density at radius 1 is 1.14 bits per heavy atom. The fourth-order valence-corrected chi connectivity index (χ4v) is 2.53. The molecule has 1 aromatic carbocycles. The van der Waals surface area contributed by atoms with E-state index >= 15 is 0 Å². The number of benzene rings is 1. The summed E-state index contributed by atoms with van der Waals surface area (Å²) in [5.41, 5.74) is 1.73. The van der Waals surface area contributed by atoms with Crippen LogP contribution in [-0.2, 0) is 4.79 Å². The second-order valence-corrected chi connectivity index (χ2v) is 5.46. The molecule has 1 aliphatic heterocycles. The first kappa shape index (κ1) is 16.1. The van der Waals surface area contributed by atoms with Gasteiger partial charge in [0, 0.05) is 38.8 Å². The van der Waals surface area contributed by atoms with Crippen LogP contribution in [0.25, 0.3) is 0 Å². The van der Waals surface area contributed by atoms with Crippen LogP contribution in [0, 0.1) is 6.92 Å². The van der Waals surface area contributed by atoms with E-state index in [1.807, 2.05) is 25.1 Å². The van der Waals surface area contributed by atoms with Crippen molar-refractivity contribution in [3.8, 4) is 5.75 Å². The van der Waals surface area contributed by atoms with Crippen molar-refractivity contribution >= 4 is 17.6 Å². The molecule has 1 aromatic rings. The van der Waals surface area contributed by atoms with Crippen molar-refractivity contribution in [1.82, 2.24) is 9.80 Å². The molecule has 1 fully saturated rings. The van der Waals surface area contributed by atoms with Crippen molar-refractivity contribution < 1.29 is 14.3 Å². The van der Waals surface area contributed by atoms with Crippen LogP contribution in [0.3, 0.4) is 0 Å². The zero-order chi connectivity index (χ0) is 16.1. The van der Waals surface area contributed by atoms with Crippen molar-refractivity contribution in [3.05, 3.63) is 23.8 Å². The van der Waals surface area contributed by atoms with Gasteiger partial charge in [0.15, 0.2) is 0 Å². The molecule has 6 nitrogen and oxygen atoms in total. The van der Waals surface area contributed by atoms with Crippen LogP contribution in [0.4, 0.5) is 10.5 Å². The molecule has 1 heterocycles. The topological polar surface area (TPSA) is 61.9 Å².